The number of rotatable bonds is 4. The zero-order chi connectivity index (χ0) is 15.6. The summed E-state index contributed by atoms with van der Waals surface area (Å²) in [4.78, 5) is 0. The lowest BCUT2D eigenvalue weighted by molar-refractivity contribution is 0.481. The minimum absolute atomic E-state index is 0.247. The van der Waals surface area contributed by atoms with Crippen molar-refractivity contribution in [2.24, 2.45) is 0 Å². The molecule has 2 nitrogen and oxygen atoms in total. The maximum absolute atomic E-state index is 6.31. The lowest BCUT2D eigenvalue weighted by Crippen LogP contribution is -2.12. The number of halogens is 2. The van der Waals surface area contributed by atoms with E-state index in [1.807, 2.05) is 51.2 Å². The number of hydrogen-bond acceptors (Lipinski definition) is 2. The number of benzene rings is 2. The first-order chi connectivity index (χ1) is 9.92. The van der Waals surface area contributed by atoms with E-state index in [9.17, 15) is 0 Å². The van der Waals surface area contributed by atoms with Crippen LogP contribution in [0.15, 0.2) is 30.3 Å². The first-order valence-electron chi connectivity index (χ1n) is 6.83. The SMILES string of the molecule is CNC(C)c1ccc(Oc2cc(C)c(Cl)c(C)c2)c(Cl)c1. The van der Waals surface area contributed by atoms with Gasteiger partial charge in [0.15, 0.2) is 0 Å². The highest BCUT2D eigenvalue weighted by Gasteiger charge is 2.10. The molecule has 2 aromatic carbocycles. The summed E-state index contributed by atoms with van der Waals surface area (Å²) in [6.07, 6.45) is 0. The van der Waals surface area contributed by atoms with Crippen LogP contribution >= 0.6 is 23.2 Å². The summed E-state index contributed by atoms with van der Waals surface area (Å²) < 4.78 is 5.88. The predicted octanol–water partition coefficient (Wildman–Crippen LogP) is 5.68. The zero-order valence-corrected chi connectivity index (χ0v) is 14.1. The fourth-order valence-electron chi connectivity index (χ4n) is 2.13. The molecule has 4 heteroatoms. The average Bonchev–Trinajstić information content (AvgIpc) is 2.46. The Balaban J connectivity index is 2.28. The summed E-state index contributed by atoms with van der Waals surface area (Å²) in [6, 6.07) is 9.90. The van der Waals surface area contributed by atoms with Crippen molar-refractivity contribution in [3.8, 4) is 11.5 Å². The molecule has 1 N–H and O–H groups in total. The normalized spacial score (nSPS) is 12.3. The van der Waals surface area contributed by atoms with Crippen molar-refractivity contribution in [3.63, 3.8) is 0 Å². The van der Waals surface area contributed by atoms with Crippen LogP contribution in [0.5, 0.6) is 11.5 Å². The van der Waals surface area contributed by atoms with Crippen LogP contribution in [0, 0.1) is 13.8 Å². The predicted molar refractivity (Wildman–Crippen MR) is 89.9 cm³/mol. The lowest BCUT2D eigenvalue weighted by atomic mass is 10.1. The largest absolute Gasteiger partial charge is 0.456 e. The van der Waals surface area contributed by atoms with Gasteiger partial charge >= 0.3 is 0 Å². The van der Waals surface area contributed by atoms with Crippen molar-refractivity contribution in [3.05, 3.63) is 57.1 Å². The van der Waals surface area contributed by atoms with Gasteiger partial charge in [-0.05, 0) is 68.8 Å². The summed E-state index contributed by atoms with van der Waals surface area (Å²) in [5, 5.41) is 4.55. The van der Waals surface area contributed by atoms with Crippen LogP contribution in [-0.4, -0.2) is 7.05 Å². The van der Waals surface area contributed by atoms with Gasteiger partial charge in [0.05, 0.1) is 5.02 Å². The molecule has 1 atom stereocenters. The molecule has 0 saturated carbocycles. The van der Waals surface area contributed by atoms with E-state index < -0.39 is 0 Å². The number of ether oxygens (including phenoxy) is 1. The standard InChI is InChI=1S/C17H19Cl2NO/c1-10-7-14(8-11(2)17(10)19)21-16-6-5-13(9-15(16)18)12(3)20-4/h5-9,12,20H,1-4H3. The molecular formula is C17H19Cl2NO. The Kier molecular flexibility index (Phi) is 5.15. The molecule has 0 amide bonds. The minimum atomic E-state index is 0.247. The summed E-state index contributed by atoms with van der Waals surface area (Å²) in [5.74, 6) is 1.38. The molecule has 1 unspecified atom stereocenters. The van der Waals surface area contributed by atoms with E-state index in [1.54, 1.807) is 0 Å². The second-order valence-electron chi connectivity index (χ2n) is 5.17. The van der Waals surface area contributed by atoms with E-state index in [0.717, 1.165) is 27.5 Å². The maximum Gasteiger partial charge on any atom is 0.146 e. The van der Waals surface area contributed by atoms with E-state index in [4.69, 9.17) is 27.9 Å². The molecule has 0 spiro atoms. The molecule has 0 fully saturated rings. The first kappa shape index (κ1) is 16.2. The molecule has 0 radical (unpaired) electrons. The van der Waals surface area contributed by atoms with Crippen LogP contribution in [0.4, 0.5) is 0 Å². The van der Waals surface area contributed by atoms with E-state index in [0.29, 0.717) is 10.8 Å². The summed E-state index contributed by atoms with van der Waals surface area (Å²) in [7, 11) is 1.92. The fourth-order valence-corrected chi connectivity index (χ4v) is 2.46. The second kappa shape index (κ2) is 6.69. The number of hydrogen-bond donors (Lipinski definition) is 1. The van der Waals surface area contributed by atoms with Gasteiger partial charge in [-0.2, -0.15) is 0 Å². The summed E-state index contributed by atoms with van der Waals surface area (Å²) >= 11 is 12.5. The highest BCUT2D eigenvalue weighted by Crippen LogP contribution is 2.34. The maximum atomic E-state index is 6.31. The molecular weight excluding hydrogens is 305 g/mol. The molecule has 2 rings (SSSR count). The highest BCUT2D eigenvalue weighted by molar-refractivity contribution is 6.32. The van der Waals surface area contributed by atoms with Gasteiger partial charge in [-0.15, -0.1) is 0 Å². The fraction of sp³-hybridized carbons (Fsp3) is 0.294. The van der Waals surface area contributed by atoms with Crippen molar-refractivity contribution in [2.45, 2.75) is 26.8 Å². The van der Waals surface area contributed by atoms with E-state index in [1.165, 1.54) is 0 Å². The zero-order valence-electron chi connectivity index (χ0n) is 12.6. The summed E-state index contributed by atoms with van der Waals surface area (Å²) in [5.41, 5.74) is 3.10. The third kappa shape index (κ3) is 3.70. The molecule has 112 valence electrons. The van der Waals surface area contributed by atoms with Gasteiger partial charge in [-0.25, -0.2) is 0 Å². The Labute approximate surface area is 136 Å². The molecule has 0 bridgehead atoms. The van der Waals surface area contributed by atoms with Crippen LogP contribution in [-0.2, 0) is 0 Å². The second-order valence-corrected chi connectivity index (χ2v) is 5.96. The van der Waals surface area contributed by atoms with Crippen molar-refractivity contribution < 1.29 is 4.74 Å². The average molecular weight is 324 g/mol. The number of aryl methyl sites for hydroxylation is 2. The van der Waals surface area contributed by atoms with Gasteiger partial charge in [0.2, 0.25) is 0 Å². The molecule has 0 aliphatic heterocycles. The minimum Gasteiger partial charge on any atom is -0.456 e. The van der Waals surface area contributed by atoms with Crippen LogP contribution in [0.2, 0.25) is 10.0 Å². The van der Waals surface area contributed by atoms with E-state index in [2.05, 4.69) is 12.2 Å². The van der Waals surface area contributed by atoms with Crippen LogP contribution in [0.3, 0.4) is 0 Å². The Morgan fingerprint density at radius 1 is 1.05 bits per heavy atom. The topological polar surface area (TPSA) is 21.3 Å². The Bertz CT molecular complexity index is 632. The van der Waals surface area contributed by atoms with Crippen LogP contribution in [0.1, 0.15) is 29.7 Å². The van der Waals surface area contributed by atoms with Crippen molar-refractivity contribution in [2.75, 3.05) is 7.05 Å². The van der Waals surface area contributed by atoms with Crippen LogP contribution in [0.25, 0.3) is 0 Å². The third-order valence-corrected chi connectivity index (χ3v) is 4.42. The van der Waals surface area contributed by atoms with Gasteiger partial charge in [0.1, 0.15) is 11.5 Å². The molecule has 2 aromatic rings. The number of nitrogens with one attached hydrogen (secondary N) is 1. The smallest absolute Gasteiger partial charge is 0.146 e. The van der Waals surface area contributed by atoms with E-state index >= 15 is 0 Å². The molecule has 0 saturated heterocycles. The first-order valence-corrected chi connectivity index (χ1v) is 7.59. The third-order valence-electron chi connectivity index (χ3n) is 3.53. The van der Waals surface area contributed by atoms with Crippen molar-refractivity contribution >= 4 is 23.2 Å². The Morgan fingerprint density at radius 2 is 1.67 bits per heavy atom. The quantitative estimate of drug-likeness (QED) is 0.781. The monoisotopic (exact) mass is 323 g/mol. The summed E-state index contributed by atoms with van der Waals surface area (Å²) in [6.45, 7) is 6.00. The molecule has 0 aromatic heterocycles. The Hall–Kier alpha value is -1.22. The van der Waals surface area contributed by atoms with Crippen molar-refractivity contribution in [1.82, 2.24) is 5.32 Å². The molecule has 21 heavy (non-hydrogen) atoms. The van der Waals surface area contributed by atoms with Crippen LogP contribution < -0.4 is 10.1 Å². The van der Waals surface area contributed by atoms with Gasteiger partial charge in [0.25, 0.3) is 0 Å². The van der Waals surface area contributed by atoms with Gasteiger partial charge in [-0.3, -0.25) is 0 Å². The Morgan fingerprint density at radius 3 is 2.19 bits per heavy atom. The van der Waals surface area contributed by atoms with Gasteiger partial charge in [0, 0.05) is 11.1 Å². The highest BCUT2D eigenvalue weighted by atomic mass is 35.5. The molecule has 0 aliphatic rings. The van der Waals surface area contributed by atoms with E-state index in [-0.39, 0.29) is 6.04 Å². The van der Waals surface area contributed by atoms with Crippen molar-refractivity contribution in [1.29, 1.82) is 0 Å². The molecule has 0 heterocycles. The van der Waals surface area contributed by atoms with Gasteiger partial charge < -0.3 is 10.1 Å². The molecule has 0 aliphatic carbocycles. The van der Waals surface area contributed by atoms with Gasteiger partial charge in [-0.1, -0.05) is 29.3 Å². The lowest BCUT2D eigenvalue weighted by Gasteiger charge is -2.14.